The van der Waals surface area contributed by atoms with Crippen LogP contribution < -0.4 is 4.74 Å². The fourth-order valence-corrected chi connectivity index (χ4v) is 4.74. The van der Waals surface area contributed by atoms with E-state index >= 15 is 0 Å². The van der Waals surface area contributed by atoms with Crippen molar-refractivity contribution in [3.8, 4) is 5.88 Å². The van der Waals surface area contributed by atoms with Gasteiger partial charge in [0, 0.05) is 31.5 Å². The molecule has 0 bridgehead atoms. The highest BCUT2D eigenvalue weighted by Gasteiger charge is 2.61. The Balaban J connectivity index is 1.46. The van der Waals surface area contributed by atoms with E-state index in [9.17, 15) is 4.79 Å². The molecular formula is C20H26N4O3. The van der Waals surface area contributed by atoms with Crippen LogP contribution >= 0.6 is 0 Å². The Kier molecular flexibility index (Phi) is 4.16. The van der Waals surface area contributed by atoms with Gasteiger partial charge in [-0.25, -0.2) is 4.98 Å². The molecule has 2 aromatic rings. The first-order chi connectivity index (χ1) is 13.2. The van der Waals surface area contributed by atoms with E-state index in [1.807, 2.05) is 6.07 Å². The zero-order valence-corrected chi connectivity index (χ0v) is 15.7. The Morgan fingerprint density at radius 2 is 2.22 bits per heavy atom. The highest BCUT2D eigenvalue weighted by Crippen LogP contribution is 2.56. The summed E-state index contributed by atoms with van der Waals surface area (Å²) in [7, 11) is 0. The topological polar surface area (TPSA) is 80.3 Å². The van der Waals surface area contributed by atoms with Crippen molar-refractivity contribution in [2.75, 3.05) is 26.3 Å². The largest absolute Gasteiger partial charge is 0.474 e. The van der Waals surface area contributed by atoms with Crippen molar-refractivity contribution >= 4 is 17.2 Å². The van der Waals surface area contributed by atoms with Crippen molar-refractivity contribution in [1.29, 1.82) is 0 Å². The van der Waals surface area contributed by atoms with Crippen LogP contribution in [0, 0.1) is 5.92 Å². The maximum atomic E-state index is 12.1. The molecule has 3 fully saturated rings. The lowest BCUT2D eigenvalue weighted by atomic mass is 10.1. The van der Waals surface area contributed by atoms with Crippen LogP contribution in [0.3, 0.4) is 0 Å². The van der Waals surface area contributed by atoms with Gasteiger partial charge in [-0.2, -0.15) is 5.10 Å². The lowest BCUT2D eigenvalue weighted by Gasteiger charge is -2.24. The summed E-state index contributed by atoms with van der Waals surface area (Å²) >= 11 is 0. The summed E-state index contributed by atoms with van der Waals surface area (Å²) in [6.45, 7) is 5.69. The van der Waals surface area contributed by atoms with Crippen LogP contribution in [-0.2, 0) is 9.53 Å². The second-order valence-corrected chi connectivity index (χ2v) is 8.28. The number of ether oxygens (including phenoxy) is 2. The van der Waals surface area contributed by atoms with E-state index in [1.165, 1.54) is 0 Å². The average Bonchev–Trinajstić information content (AvgIpc) is 3.02. The molecule has 1 N–H and O–H groups in total. The van der Waals surface area contributed by atoms with Gasteiger partial charge in [-0.1, -0.05) is 6.92 Å². The van der Waals surface area contributed by atoms with Crippen LogP contribution in [0.1, 0.15) is 44.2 Å². The van der Waals surface area contributed by atoms with Crippen LogP contribution in [0.15, 0.2) is 12.3 Å². The average molecular weight is 370 g/mol. The molecule has 0 radical (unpaired) electrons. The van der Waals surface area contributed by atoms with Crippen molar-refractivity contribution in [3.63, 3.8) is 0 Å². The molecule has 2 aromatic heterocycles. The van der Waals surface area contributed by atoms with Gasteiger partial charge in [0.1, 0.15) is 12.4 Å². The number of pyridine rings is 1. The van der Waals surface area contributed by atoms with Gasteiger partial charge in [0.15, 0.2) is 0 Å². The number of aromatic amines is 1. The third kappa shape index (κ3) is 2.84. The fourth-order valence-electron chi connectivity index (χ4n) is 4.74. The molecule has 4 heterocycles. The summed E-state index contributed by atoms with van der Waals surface area (Å²) < 4.78 is 11.7. The van der Waals surface area contributed by atoms with Crippen molar-refractivity contribution in [3.05, 3.63) is 18.0 Å². The number of carbonyl (C=O) groups is 1. The normalized spacial score (nSPS) is 32.0. The first kappa shape index (κ1) is 17.1. The van der Waals surface area contributed by atoms with E-state index in [-0.39, 0.29) is 12.0 Å². The Morgan fingerprint density at radius 3 is 2.96 bits per heavy atom. The van der Waals surface area contributed by atoms with Gasteiger partial charge < -0.3 is 14.3 Å². The Labute approximate surface area is 158 Å². The number of hydrogen-bond donors (Lipinski definition) is 1. The second kappa shape index (κ2) is 6.56. The number of aromatic nitrogens is 3. The van der Waals surface area contributed by atoms with Crippen molar-refractivity contribution in [1.82, 2.24) is 20.1 Å². The summed E-state index contributed by atoms with van der Waals surface area (Å²) in [6.07, 6.45) is 6.75. The van der Waals surface area contributed by atoms with E-state index in [1.54, 1.807) is 6.20 Å². The minimum absolute atomic E-state index is 0.120. The zero-order valence-electron chi connectivity index (χ0n) is 15.7. The Morgan fingerprint density at radius 1 is 1.37 bits per heavy atom. The zero-order chi connectivity index (χ0) is 18.4. The van der Waals surface area contributed by atoms with Crippen LogP contribution in [0.4, 0.5) is 0 Å². The highest BCUT2D eigenvalue weighted by atomic mass is 16.5. The maximum absolute atomic E-state index is 12.1. The number of H-pyrrole nitrogens is 1. The smallest absolute Gasteiger partial charge is 0.225 e. The van der Waals surface area contributed by atoms with Gasteiger partial charge in [-0.05, 0) is 31.4 Å². The molecule has 3 aliphatic rings. The number of carbonyl (C=O) groups excluding carboxylic acids is 1. The predicted molar refractivity (Wildman–Crippen MR) is 99.9 cm³/mol. The Bertz CT molecular complexity index is 847. The van der Waals surface area contributed by atoms with Gasteiger partial charge in [0.2, 0.25) is 5.88 Å². The second-order valence-electron chi connectivity index (χ2n) is 8.28. The van der Waals surface area contributed by atoms with Crippen molar-refractivity contribution in [2.24, 2.45) is 5.92 Å². The third-order valence-electron chi connectivity index (χ3n) is 6.45. The van der Waals surface area contributed by atoms with E-state index in [2.05, 4.69) is 27.0 Å². The molecular weight excluding hydrogens is 344 g/mol. The van der Waals surface area contributed by atoms with Crippen LogP contribution in [0.25, 0.3) is 10.9 Å². The molecule has 2 aliphatic heterocycles. The van der Waals surface area contributed by atoms with Gasteiger partial charge in [0.05, 0.1) is 35.3 Å². The maximum Gasteiger partial charge on any atom is 0.225 e. The lowest BCUT2D eigenvalue weighted by molar-refractivity contribution is -0.113. The Hall–Kier alpha value is -1.99. The van der Waals surface area contributed by atoms with Gasteiger partial charge in [-0.3, -0.25) is 10.00 Å². The molecule has 2 unspecified atom stereocenters. The predicted octanol–water partition coefficient (Wildman–Crippen LogP) is 2.28. The molecule has 0 amide bonds. The molecule has 3 atom stereocenters. The number of likely N-dealkylation sites (tertiary alicyclic amines) is 1. The standard InChI is InChI=1S/C20H26N4O3/c1-13-3-7-24(11-13)20(12-25)10-15(20)18-17-16(22-23-18)2-6-21-19(17)27-14-4-8-26-9-5-14/h2,6,12-15H,3-5,7-11H2,1H3,(H,22,23)/t13-,15?,20?/m0/s1. The van der Waals surface area contributed by atoms with Gasteiger partial charge in [0.25, 0.3) is 0 Å². The van der Waals surface area contributed by atoms with E-state index in [0.29, 0.717) is 11.8 Å². The number of fused-ring (bicyclic) bond motifs is 1. The van der Waals surface area contributed by atoms with E-state index < -0.39 is 5.54 Å². The lowest BCUT2D eigenvalue weighted by Crippen LogP contribution is -2.38. The molecule has 0 aromatic carbocycles. The quantitative estimate of drug-likeness (QED) is 0.814. The first-order valence-electron chi connectivity index (χ1n) is 10.00. The molecule has 7 nitrogen and oxygen atoms in total. The van der Waals surface area contributed by atoms with Crippen LogP contribution in [0.2, 0.25) is 0 Å². The summed E-state index contributed by atoms with van der Waals surface area (Å²) in [4.78, 5) is 19.0. The van der Waals surface area contributed by atoms with Crippen molar-refractivity contribution in [2.45, 2.75) is 50.2 Å². The summed E-state index contributed by atoms with van der Waals surface area (Å²) in [5, 5.41) is 8.60. The first-order valence-corrected chi connectivity index (χ1v) is 10.00. The van der Waals surface area contributed by atoms with Crippen LogP contribution in [-0.4, -0.2) is 64.3 Å². The summed E-state index contributed by atoms with van der Waals surface area (Å²) in [6, 6.07) is 1.90. The minimum Gasteiger partial charge on any atom is -0.474 e. The molecule has 2 saturated heterocycles. The number of aldehydes is 1. The molecule has 0 spiro atoms. The third-order valence-corrected chi connectivity index (χ3v) is 6.45. The summed E-state index contributed by atoms with van der Waals surface area (Å²) in [5.41, 5.74) is 1.45. The minimum atomic E-state index is -0.393. The molecule has 7 heteroatoms. The molecule has 5 rings (SSSR count). The van der Waals surface area contributed by atoms with E-state index in [4.69, 9.17) is 9.47 Å². The van der Waals surface area contributed by atoms with Gasteiger partial charge in [-0.15, -0.1) is 0 Å². The number of hydrogen-bond acceptors (Lipinski definition) is 6. The number of nitrogens with zero attached hydrogens (tertiary/aromatic N) is 3. The van der Waals surface area contributed by atoms with Crippen LogP contribution in [0.5, 0.6) is 5.88 Å². The molecule has 1 saturated carbocycles. The van der Waals surface area contributed by atoms with Crippen molar-refractivity contribution < 1.29 is 14.3 Å². The fraction of sp³-hybridized carbons (Fsp3) is 0.650. The molecule has 27 heavy (non-hydrogen) atoms. The SMILES string of the molecule is C[C@H]1CCN(C2(C=O)CC2c2[nH]nc3ccnc(OC4CCOCC4)c23)C1. The van der Waals surface area contributed by atoms with Gasteiger partial charge >= 0.3 is 0 Å². The monoisotopic (exact) mass is 370 g/mol. The summed E-state index contributed by atoms with van der Waals surface area (Å²) in [5.74, 6) is 1.41. The molecule has 1 aliphatic carbocycles. The number of rotatable bonds is 5. The number of nitrogens with one attached hydrogen (secondary N) is 1. The molecule has 144 valence electrons. The highest BCUT2D eigenvalue weighted by molar-refractivity contribution is 5.89. The van der Waals surface area contributed by atoms with E-state index in [0.717, 1.165) is 74.9 Å².